The van der Waals surface area contributed by atoms with Crippen LogP contribution in [0.15, 0.2) is 35.2 Å². The van der Waals surface area contributed by atoms with Crippen molar-refractivity contribution < 1.29 is 18.3 Å². The summed E-state index contributed by atoms with van der Waals surface area (Å²) in [4.78, 5) is 11.2. The van der Waals surface area contributed by atoms with E-state index in [1.807, 2.05) is 6.07 Å². The monoisotopic (exact) mass is 411 g/mol. The number of ether oxygens (including phenoxy) is 2. The maximum absolute atomic E-state index is 14.8. The van der Waals surface area contributed by atoms with Crippen LogP contribution in [0.3, 0.4) is 0 Å². The molecule has 0 amide bonds. The predicted molar refractivity (Wildman–Crippen MR) is 109 cm³/mol. The maximum Gasteiger partial charge on any atom is 0.171 e. The SMILES string of the molecule is CN=CC(=C(N)C#N)c1cnc2[nH]cc(Cc3c(F)c(OC)cc(OC)c3F)c2c1. The lowest BCUT2D eigenvalue weighted by Gasteiger charge is -2.12. The molecular formula is C21H19F2N5O2. The molecule has 3 rings (SSSR count). The molecule has 154 valence electrons. The minimum absolute atomic E-state index is 0.0199. The number of halogens is 2. The Labute approximate surface area is 171 Å². The van der Waals surface area contributed by atoms with Gasteiger partial charge in [-0.15, -0.1) is 0 Å². The summed E-state index contributed by atoms with van der Waals surface area (Å²) in [5, 5.41) is 9.77. The summed E-state index contributed by atoms with van der Waals surface area (Å²) in [5.74, 6) is -1.84. The molecular weight excluding hydrogens is 392 g/mol. The molecule has 30 heavy (non-hydrogen) atoms. The van der Waals surface area contributed by atoms with Gasteiger partial charge in [0.05, 0.1) is 14.2 Å². The quantitative estimate of drug-likeness (QED) is 0.478. The number of hydrogen-bond acceptors (Lipinski definition) is 6. The van der Waals surface area contributed by atoms with Gasteiger partial charge in [-0.25, -0.2) is 13.8 Å². The number of nitrogens with one attached hydrogen (secondary N) is 1. The van der Waals surface area contributed by atoms with Crippen molar-refractivity contribution in [3.63, 3.8) is 0 Å². The van der Waals surface area contributed by atoms with Crippen LogP contribution in [0.1, 0.15) is 16.7 Å². The summed E-state index contributed by atoms with van der Waals surface area (Å²) in [6.07, 6.45) is 4.54. The molecule has 0 aliphatic heterocycles. The van der Waals surface area contributed by atoms with E-state index in [4.69, 9.17) is 20.5 Å². The second-order valence-electron chi connectivity index (χ2n) is 6.32. The predicted octanol–water partition coefficient (Wildman–Crippen LogP) is 3.34. The van der Waals surface area contributed by atoms with E-state index < -0.39 is 11.6 Å². The molecule has 0 radical (unpaired) electrons. The average molecular weight is 411 g/mol. The van der Waals surface area contributed by atoms with E-state index in [1.165, 1.54) is 20.4 Å². The number of H-pyrrole nitrogens is 1. The summed E-state index contributed by atoms with van der Waals surface area (Å²) >= 11 is 0. The molecule has 3 aromatic rings. The standard InChI is InChI=1S/C21H19F2N5O2/c1-26-10-15(16(25)7-24)12-4-13-11(8-27-21(13)28-9-12)5-14-19(22)17(29-2)6-18(30-3)20(14)23/h4,6,8-10H,5,25H2,1-3H3,(H,27,28). The van der Waals surface area contributed by atoms with E-state index in [0.29, 0.717) is 27.7 Å². The van der Waals surface area contributed by atoms with Crippen molar-refractivity contribution in [3.8, 4) is 17.6 Å². The topological polar surface area (TPSA) is 109 Å². The number of nitrogens with zero attached hydrogens (tertiary/aromatic N) is 3. The summed E-state index contributed by atoms with van der Waals surface area (Å²) in [7, 11) is 4.15. The first-order valence-corrected chi connectivity index (χ1v) is 8.82. The van der Waals surface area contributed by atoms with Crippen LogP contribution in [0.5, 0.6) is 11.5 Å². The van der Waals surface area contributed by atoms with Gasteiger partial charge in [-0.3, -0.25) is 4.99 Å². The fourth-order valence-electron chi connectivity index (χ4n) is 3.12. The fourth-order valence-corrected chi connectivity index (χ4v) is 3.12. The molecule has 0 spiro atoms. The number of methoxy groups -OCH3 is 2. The van der Waals surface area contributed by atoms with Crippen LogP contribution in [0, 0.1) is 23.0 Å². The largest absolute Gasteiger partial charge is 0.494 e. The lowest BCUT2D eigenvalue weighted by Crippen LogP contribution is -2.03. The molecule has 0 aliphatic carbocycles. The molecule has 0 unspecified atom stereocenters. The number of nitriles is 1. The normalized spacial score (nSPS) is 12.1. The van der Waals surface area contributed by atoms with Crippen molar-refractivity contribution in [3.05, 3.63) is 58.5 Å². The average Bonchev–Trinajstić information content (AvgIpc) is 3.16. The summed E-state index contributed by atoms with van der Waals surface area (Å²) in [6, 6.07) is 4.79. The van der Waals surface area contributed by atoms with Crippen LogP contribution < -0.4 is 15.2 Å². The third-order valence-corrected chi connectivity index (χ3v) is 4.63. The van der Waals surface area contributed by atoms with Crippen LogP contribution in [0.25, 0.3) is 16.6 Å². The van der Waals surface area contributed by atoms with Crippen LogP contribution in [0.4, 0.5) is 8.78 Å². The molecule has 0 atom stereocenters. The summed E-state index contributed by atoms with van der Waals surface area (Å²) in [5.41, 5.74) is 7.64. The number of fused-ring (bicyclic) bond motifs is 1. The van der Waals surface area contributed by atoms with Gasteiger partial charge in [-0.05, 0) is 11.6 Å². The number of aromatic amines is 1. The molecule has 1 aromatic carbocycles. The molecule has 9 heteroatoms. The van der Waals surface area contributed by atoms with Crippen LogP contribution in [-0.2, 0) is 6.42 Å². The number of hydrogen-bond donors (Lipinski definition) is 2. The summed E-state index contributed by atoms with van der Waals surface area (Å²) in [6.45, 7) is 0. The summed E-state index contributed by atoms with van der Waals surface area (Å²) < 4.78 is 39.6. The lowest BCUT2D eigenvalue weighted by molar-refractivity contribution is 0.354. The molecule has 3 N–H and O–H groups in total. The highest BCUT2D eigenvalue weighted by Crippen LogP contribution is 2.34. The number of pyridine rings is 1. The number of allylic oxidation sites excluding steroid dienone is 2. The Hall–Kier alpha value is -3.93. The highest BCUT2D eigenvalue weighted by molar-refractivity contribution is 6.12. The van der Waals surface area contributed by atoms with Gasteiger partial charge in [-0.1, -0.05) is 0 Å². The number of aromatic nitrogens is 2. The third-order valence-electron chi connectivity index (χ3n) is 4.63. The van der Waals surface area contributed by atoms with E-state index in [2.05, 4.69) is 15.0 Å². The molecule has 2 aromatic heterocycles. The number of aliphatic imine (C=N–C) groups is 1. The van der Waals surface area contributed by atoms with Crippen LogP contribution in [-0.4, -0.2) is 37.4 Å². The van der Waals surface area contributed by atoms with Crippen molar-refractivity contribution in [2.24, 2.45) is 10.7 Å². The van der Waals surface area contributed by atoms with E-state index in [9.17, 15) is 8.78 Å². The number of benzene rings is 1. The zero-order chi connectivity index (χ0) is 21.8. The Morgan fingerprint density at radius 1 is 1.27 bits per heavy atom. The van der Waals surface area contributed by atoms with Crippen LogP contribution in [0.2, 0.25) is 0 Å². The van der Waals surface area contributed by atoms with Gasteiger partial charge in [0, 0.05) is 60.2 Å². The zero-order valence-corrected chi connectivity index (χ0v) is 16.6. The van der Waals surface area contributed by atoms with E-state index in [-0.39, 0.29) is 29.2 Å². The first kappa shape index (κ1) is 20.8. The Kier molecular flexibility index (Phi) is 5.97. The first-order valence-electron chi connectivity index (χ1n) is 8.82. The highest BCUT2D eigenvalue weighted by Gasteiger charge is 2.21. The van der Waals surface area contributed by atoms with Gasteiger partial charge in [0.15, 0.2) is 23.1 Å². The fraction of sp³-hybridized carbons (Fsp3) is 0.190. The Bertz CT molecular complexity index is 1180. The van der Waals surface area contributed by atoms with E-state index >= 15 is 0 Å². The molecule has 0 aliphatic rings. The molecule has 7 nitrogen and oxygen atoms in total. The molecule has 0 saturated carbocycles. The molecule has 0 bridgehead atoms. The molecule has 0 saturated heterocycles. The van der Waals surface area contributed by atoms with Crippen LogP contribution >= 0.6 is 0 Å². The van der Waals surface area contributed by atoms with Crippen molar-refractivity contribution in [2.45, 2.75) is 6.42 Å². The van der Waals surface area contributed by atoms with Crippen molar-refractivity contribution in [1.82, 2.24) is 9.97 Å². The number of rotatable bonds is 6. The van der Waals surface area contributed by atoms with Crippen molar-refractivity contribution in [2.75, 3.05) is 21.3 Å². The lowest BCUT2D eigenvalue weighted by atomic mass is 10.0. The molecule has 0 fully saturated rings. The third kappa shape index (κ3) is 3.67. The minimum Gasteiger partial charge on any atom is -0.494 e. The second kappa shape index (κ2) is 8.61. The maximum atomic E-state index is 14.8. The Morgan fingerprint density at radius 2 is 1.93 bits per heavy atom. The van der Waals surface area contributed by atoms with Gasteiger partial charge in [0.2, 0.25) is 0 Å². The smallest absolute Gasteiger partial charge is 0.171 e. The second-order valence-corrected chi connectivity index (χ2v) is 6.32. The first-order chi connectivity index (χ1) is 14.4. The van der Waals surface area contributed by atoms with Gasteiger partial charge in [0.25, 0.3) is 0 Å². The van der Waals surface area contributed by atoms with Crippen molar-refractivity contribution in [1.29, 1.82) is 5.26 Å². The van der Waals surface area contributed by atoms with Gasteiger partial charge < -0.3 is 20.2 Å². The zero-order valence-electron chi connectivity index (χ0n) is 16.6. The van der Waals surface area contributed by atoms with E-state index in [1.54, 1.807) is 25.5 Å². The highest BCUT2D eigenvalue weighted by atomic mass is 19.1. The van der Waals surface area contributed by atoms with Crippen molar-refractivity contribution >= 4 is 22.8 Å². The minimum atomic E-state index is -0.804. The van der Waals surface area contributed by atoms with E-state index in [0.717, 1.165) is 6.07 Å². The van der Waals surface area contributed by atoms with Gasteiger partial charge >= 0.3 is 0 Å². The van der Waals surface area contributed by atoms with Gasteiger partial charge in [0.1, 0.15) is 17.4 Å². The molecule has 2 heterocycles. The number of nitrogens with two attached hydrogens (primary N) is 1. The Morgan fingerprint density at radius 3 is 2.50 bits per heavy atom. The van der Waals surface area contributed by atoms with Gasteiger partial charge in [-0.2, -0.15) is 5.26 Å². The Balaban J connectivity index is 2.15.